The minimum Gasteiger partial charge on any atom is -0.379 e. The molecular formula is C16H16N2O. The number of aryl methyl sites for hydroxylation is 1. The summed E-state index contributed by atoms with van der Waals surface area (Å²) in [6.07, 6.45) is 1.62. The number of aromatic amines is 1. The van der Waals surface area contributed by atoms with Crippen molar-refractivity contribution >= 4 is 10.8 Å². The van der Waals surface area contributed by atoms with Crippen molar-refractivity contribution in [2.45, 2.75) is 19.4 Å². The largest absolute Gasteiger partial charge is 0.379 e. The van der Waals surface area contributed by atoms with Crippen molar-refractivity contribution in [3.63, 3.8) is 0 Å². The van der Waals surface area contributed by atoms with Crippen molar-refractivity contribution in [3.05, 3.63) is 65.7 Å². The molecular weight excluding hydrogens is 236 g/mol. The molecule has 0 bridgehead atoms. The van der Waals surface area contributed by atoms with Crippen LogP contribution in [-0.4, -0.2) is 15.1 Å². The van der Waals surface area contributed by atoms with Gasteiger partial charge < -0.3 is 10.1 Å². The Balaban J connectivity index is 2.27. The van der Waals surface area contributed by atoms with Crippen molar-refractivity contribution in [2.75, 3.05) is 0 Å². The second kappa shape index (κ2) is 4.21. The van der Waals surface area contributed by atoms with E-state index >= 15 is 0 Å². The minimum absolute atomic E-state index is 0.670. The highest BCUT2D eigenvalue weighted by atomic mass is 16.3. The SMILES string of the molecule is Cc1[nH]cnc1C(C)(O)c1cccc2ccccc12. The molecule has 3 rings (SSSR count). The lowest BCUT2D eigenvalue weighted by Crippen LogP contribution is -2.24. The Labute approximate surface area is 111 Å². The second-order valence-electron chi connectivity index (χ2n) is 4.98. The maximum absolute atomic E-state index is 10.9. The molecule has 0 aliphatic heterocycles. The van der Waals surface area contributed by atoms with Crippen LogP contribution >= 0.6 is 0 Å². The van der Waals surface area contributed by atoms with Gasteiger partial charge in [-0.3, -0.25) is 0 Å². The highest BCUT2D eigenvalue weighted by Gasteiger charge is 2.31. The summed E-state index contributed by atoms with van der Waals surface area (Å²) < 4.78 is 0. The van der Waals surface area contributed by atoms with Crippen LogP contribution in [0.1, 0.15) is 23.9 Å². The number of imidazole rings is 1. The summed E-state index contributed by atoms with van der Waals surface area (Å²) in [4.78, 5) is 7.29. The number of nitrogens with zero attached hydrogens (tertiary/aromatic N) is 1. The summed E-state index contributed by atoms with van der Waals surface area (Å²) in [5.74, 6) is 0. The van der Waals surface area contributed by atoms with E-state index in [0.717, 1.165) is 22.0 Å². The molecule has 0 saturated carbocycles. The first-order chi connectivity index (χ1) is 9.10. The Hall–Kier alpha value is -2.13. The van der Waals surface area contributed by atoms with Crippen molar-refractivity contribution in [2.24, 2.45) is 0 Å². The van der Waals surface area contributed by atoms with Gasteiger partial charge in [0.25, 0.3) is 0 Å². The van der Waals surface area contributed by atoms with Crippen LogP contribution in [0.4, 0.5) is 0 Å². The maximum atomic E-state index is 10.9. The third kappa shape index (κ3) is 1.83. The molecule has 19 heavy (non-hydrogen) atoms. The molecule has 3 nitrogen and oxygen atoms in total. The summed E-state index contributed by atoms with van der Waals surface area (Å²) >= 11 is 0. The number of aromatic nitrogens is 2. The van der Waals surface area contributed by atoms with Gasteiger partial charge in [-0.25, -0.2) is 4.98 Å². The third-order valence-corrected chi connectivity index (χ3v) is 3.61. The Kier molecular flexibility index (Phi) is 2.64. The van der Waals surface area contributed by atoms with Crippen molar-refractivity contribution < 1.29 is 5.11 Å². The van der Waals surface area contributed by atoms with Gasteiger partial charge in [0.1, 0.15) is 5.60 Å². The van der Waals surface area contributed by atoms with E-state index in [-0.39, 0.29) is 0 Å². The first kappa shape index (κ1) is 11.9. The lowest BCUT2D eigenvalue weighted by Gasteiger charge is -2.24. The summed E-state index contributed by atoms with van der Waals surface area (Å²) in [5, 5.41) is 13.1. The molecule has 1 atom stereocenters. The number of fused-ring (bicyclic) bond motifs is 1. The number of benzene rings is 2. The van der Waals surface area contributed by atoms with Crippen LogP contribution in [0.2, 0.25) is 0 Å². The monoisotopic (exact) mass is 252 g/mol. The molecule has 0 aliphatic rings. The van der Waals surface area contributed by atoms with Gasteiger partial charge in [-0.05, 0) is 30.2 Å². The van der Waals surface area contributed by atoms with Gasteiger partial charge in [-0.2, -0.15) is 0 Å². The van der Waals surface area contributed by atoms with E-state index in [1.165, 1.54) is 0 Å². The lowest BCUT2D eigenvalue weighted by molar-refractivity contribution is 0.0987. The maximum Gasteiger partial charge on any atom is 0.131 e. The molecule has 0 saturated heterocycles. The van der Waals surface area contributed by atoms with Crippen LogP contribution in [0.5, 0.6) is 0 Å². The number of aliphatic hydroxyl groups is 1. The van der Waals surface area contributed by atoms with Gasteiger partial charge in [-0.1, -0.05) is 42.5 Å². The molecule has 0 radical (unpaired) electrons. The van der Waals surface area contributed by atoms with Crippen LogP contribution in [0.3, 0.4) is 0 Å². The van der Waals surface area contributed by atoms with E-state index in [0.29, 0.717) is 5.69 Å². The van der Waals surface area contributed by atoms with E-state index in [1.54, 1.807) is 13.3 Å². The van der Waals surface area contributed by atoms with Crippen LogP contribution in [-0.2, 0) is 5.60 Å². The van der Waals surface area contributed by atoms with Crippen molar-refractivity contribution in [1.29, 1.82) is 0 Å². The highest BCUT2D eigenvalue weighted by Crippen LogP contribution is 2.34. The fourth-order valence-corrected chi connectivity index (χ4v) is 2.63. The zero-order valence-corrected chi connectivity index (χ0v) is 11.0. The van der Waals surface area contributed by atoms with Gasteiger partial charge in [0.2, 0.25) is 0 Å². The van der Waals surface area contributed by atoms with Crippen LogP contribution in [0.15, 0.2) is 48.8 Å². The molecule has 2 N–H and O–H groups in total. The number of hydrogen-bond acceptors (Lipinski definition) is 2. The topological polar surface area (TPSA) is 48.9 Å². The molecule has 3 aromatic rings. The molecule has 0 fully saturated rings. The van der Waals surface area contributed by atoms with Gasteiger partial charge in [0.05, 0.1) is 12.0 Å². The first-order valence-corrected chi connectivity index (χ1v) is 6.32. The van der Waals surface area contributed by atoms with Crippen LogP contribution in [0, 0.1) is 6.92 Å². The van der Waals surface area contributed by atoms with Crippen LogP contribution in [0.25, 0.3) is 10.8 Å². The number of nitrogens with one attached hydrogen (secondary N) is 1. The zero-order chi connectivity index (χ0) is 13.5. The van der Waals surface area contributed by atoms with E-state index in [4.69, 9.17) is 0 Å². The minimum atomic E-state index is -1.11. The summed E-state index contributed by atoms with van der Waals surface area (Å²) in [6, 6.07) is 14.0. The molecule has 0 amide bonds. The summed E-state index contributed by atoms with van der Waals surface area (Å²) in [7, 11) is 0. The van der Waals surface area contributed by atoms with E-state index in [2.05, 4.69) is 9.97 Å². The number of hydrogen-bond donors (Lipinski definition) is 2. The Morgan fingerprint density at radius 3 is 2.58 bits per heavy atom. The van der Waals surface area contributed by atoms with Crippen molar-refractivity contribution in [3.8, 4) is 0 Å². The predicted octanol–water partition coefficient (Wildman–Crippen LogP) is 3.13. The average molecular weight is 252 g/mol. The molecule has 96 valence electrons. The first-order valence-electron chi connectivity index (χ1n) is 6.32. The average Bonchev–Trinajstić information content (AvgIpc) is 2.85. The second-order valence-corrected chi connectivity index (χ2v) is 4.98. The zero-order valence-electron chi connectivity index (χ0n) is 11.0. The fraction of sp³-hybridized carbons (Fsp3) is 0.188. The molecule has 1 heterocycles. The van der Waals surface area contributed by atoms with Crippen molar-refractivity contribution in [1.82, 2.24) is 9.97 Å². The molecule has 0 aliphatic carbocycles. The molecule has 0 spiro atoms. The molecule has 1 unspecified atom stereocenters. The van der Waals surface area contributed by atoms with E-state index < -0.39 is 5.60 Å². The quantitative estimate of drug-likeness (QED) is 0.736. The standard InChI is InChI=1S/C16H16N2O/c1-11-15(18-10-17-11)16(2,19)14-9-5-7-12-6-3-4-8-13(12)14/h3-10,19H,1-2H3,(H,17,18). The number of rotatable bonds is 2. The molecule has 3 heteroatoms. The highest BCUT2D eigenvalue weighted by molar-refractivity contribution is 5.86. The Morgan fingerprint density at radius 1 is 1.11 bits per heavy atom. The fourth-order valence-electron chi connectivity index (χ4n) is 2.63. The van der Waals surface area contributed by atoms with E-state index in [9.17, 15) is 5.11 Å². The summed E-state index contributed by atoms with van der Waals surface area (Å²) in [5.41, 5.74) is 1.33. The Morgan fingerprint density at radius 2 is 1.84 bits per heavy atom. The van der Waals surface area contributed by atoms with Gasteiger partial charge in [-0.15, -0.1) is 0 Å². The normalized spacial score (nSPS) is 14.5. The predicted molar refractivity (Wildman–Crippen MR) is 75.9 cm³/mol. The number of H-pyrrole nitrogens is 1. The Bertz CT molecular complexity index is 723. The van der Waals surface area contributed by atoms with E-state index in [1.807, 2.05) is 49.4 Å². The van der Waals surface area contributed by atoms with Crippen LogP contribution < -0.4 is 0 Å². The smallest absolute Gasteiger partial charge is 0.131 e. The lowest BCUT2D eigenvalue weighted by atomic mass is 9.87. The van der Waals surface area contributed by atoms with Gasteiger partial charge in [0, 0.05) is 5.69 Å². The summed E-state index contributed by atoms with van der Waals surface area (Å²) in [6.45, 7) is 3.71. The third-order valence-electron chi connectivity index (χ3n) is 3.61. The van der Waals surface area contributed by atoms with Gasteiger partial charge in [0.15, 0.2) is 0 Å². The molecule has 1 aromatic heterocycles. The molecule has 2 aromatic carbocycles. The van der Waals surface area contributed by atoms with Gasteiger partial charge >= 0.3 is 0 Å².